The number of hydrogen-bond acceptors (Lipinski definition) is 5. The third kappa shape index (κ3) is 3.14. The van der Waals surface area contributed by atoms with Crippen molar-refractivity contribution in [3.05, 3.63) is 29.3 Å². The summed E-state index contributed by atoms with van der Waals surface area (Å²) in [6.07, 6.45) is 0.668. The van der Waals surface area contributed by atoms with Crippen molar-refractivity contribution in [2.75, 3.05) is 39.3 Å². The first-order chi connectivity index (χ1) is 10.0. The molecule has 1 heterocycles. The van der Waals surface area contributed by atoms with E-state index in [1.54, 1.807) is 7.11 Å². The van der Waals surface area contributed by atoms with Gasteiger partial charge < -0.3 is 19.5 Å². The Hall–Kier alpha value is -1.73. The lowest BCUT2D eigenvalue weighted by atomic mass is 10.0. The van der Waals surface area contributed by atoms with E-state index in [1.165, 1.54) is 12.1 Å². The fraction of sp³-hybridized carbons (Fsp3) is 0.500. The summed E-state index contributed by atoms with van der Waals surface area (Å²) in [5.41, 5.74) is -1.03. The molecule has 2 rings (SSSR count). The maximum Gasteiger partial charge on any atom is 0.340 e. The van der Waals surface area contributed by atoms with Crippen LogP contribution in [0.25, 0.3) is 0 Å². The molecule has 0 amide bonds. The smallest absolute Gasteiger partial charge is 0.340 e. The van der Waals surface area contributed by atoms with Gasteiger partial charge >= 0.3 is 5.97 Å². The molecule has 1 unspecified atom stereocenters. The van der Waals surface area contributed by atoms with Crippen LogP contribution >= 0.6 is 0 Å². The molecule has 116 valence electrons. The first-order valence-corrected chi connectivity index (χ1v) is 6.46. The Morgan fingerprint density at radius 1 is 1.38 bits per heavy atom. The van der Waals surface area contributed by atoms with Gasteiger partial charge in [0, 0.05) is 26.7 Å². The minimum Gasteiger partial charge on any atom is -0.465 e. The summed E-state index contributed by atoms with van der Waals surface area (Å²) in [5, 5.41) is 2.80. The molecule has 0 aromatic heterocycles. The quantitative estimate of drug-likeness (QED) is 0.843. The van der Waals surface area contributed by atoms with E-state index in [0.29, 0.717) is 19.6 Å². The Kier molecular flexibility index (Phi) is 4.74. The van der Waals surface area contributed by atoms with Crippen LogP contribution in [0.1, 0.15) is 16.8 Å². The number of esters is 1. The molecule has 1 fully saturated rings. The zero-order valence-electron chi connectivity index (χ0n) is 11.9. The van der Waals surface area contributed by atoms with Crippen LogP contribution in [0, 0.1) is 11.6 Å². The summed E-state index contributed by atoms with van der Waals surface area (Å²) in [6, 6.07) is 2.47. The van der Waals surface area contributed by atoms with Crippen LogP contribution in [-0.2, 0) is 14.2 Å². The van der Waals surface area contributed by atoms with E-state index in [2.05, 4.69) is 10.1 Å². The van der Waals surface area contributed by atoms with Crippen molar-refractivity contribution >= 4 is 11.7 Å². The van der Waals surface area contributed by atoms with Gasteiger partial charge in [0.25, 0.3) is 0 Å². The Balaban J connectivity index is 2.14. The predicted octanol–water partition coefficient (Wildman–Crippen LogP) is 1.97. The van der Waals surface area contributed by atoms with Crippen LogP contribution in [0.15, 0.2) is 12.1 Å². The number of nitrogens with one attached hydrogen (secondary N) is 1. The van der Waals surface area contributed by atoms with E-state index >= 15 is 0 Å². The maximum absolute atomic E-state index is 13.9. The molecule has 1 N–H and O–H groups in total. The molecule has 1 saturated heterocycles. The molecule has 1 aromatic rings. The monoisotopic (exact) mass is 301 g/mol. The fourth-order valence-electron chi connectivity index (χ4n) is 2.17. The Labute approximate surface area is 121 Å². The third-order valence-electron chi connectivity index (χ3n) is 3.59. The molecule has 1 aliphatic rings. The van der Waals surface area contributed by atoms with Crippen LogP contribution in [0.3, 0.4) is 0 Å². The number of carbonyl (C=O) groups is 1. The summed E-state index contributed by atoms with van der Waals surface area (Å²) in [5.74, 6) is -3.28. The Bertz CT molecular complexity index is 530. The maximum atomic E-state index is 13.9. The molecule has 0 bridgehead atoms. The minimum absolute atomic E-state index is 0.0384. The average molecular weight is 301 g/mol. The average Bonchev–Trinajstić information content (AvgIpc) is 2.97. The summed E-state index contributed by atoms with van der Waals surface area (Å²) < 4.78 is 42.8. The first kappa shape index (κ1) is 15.7. The van der Waals surface area contributed by atoms with E-state index in [0.717, 1.165) is 7.11 Å². The van der Waals surface area contributed by atoms with Crippen molar-refractivity contribution in [3.63, 3.8) is 0 Å². The zero-order chi connectivity index (χ0) is 15.5. The van der Waals surface area contributed by atoms with Gasteiger partial charge in [-0.3, -0.25) is 0 Å². The van der Waals surface area contributed by atoms with Crippen molar-refractivity contribution in [2.24, 2.45) is 0 Å². The van der Waals surface area contributed by atoms with Gasteiger partial charge in [-0.1, -0.05) is 0 Å². The van der Waals surface area contributed by atoms with E-state index in [-0.39, 0.29) is 12.2 Å². The van der Waals surface area contributed by atoms with Crippen molar-refractivity contribution in [2.45, 2.75) is 12.0 Å². The molecule has 0 spiro atoms. The second-order valence-corrected chi connectivity index (χ2v) is 4.82. The normalized spacial score (nSPS) is 21.3. The molecular formula is C14H17F2NO4. The lowest BCUT2D eigenvalue weighted by Crippen LogP contribution is -2.39. The van der Waals surface area contributed by atoms with Gasteiger partial charge in [0.05, 0.1) is 25.0 Å². The first-order valence-electron chi connectivity index (χ1n) is 6.46. The second kappa shape index (κ2) is 6.36. The number of carbonyl (C=O) groups excluding carboxylic acids is 1. The van der Waals surface area contributed by atoms with Crippen LogP contribution in [-0.4, -0.2) is 45.5 Å². The van der Waals surface area contributed by atoms with Crippen LogP contribution < -0.4 is 5.32 Å². The number of hydrogen-bond donors (Lipinski definition) is 1. The van der Waals surface area contributed by atoms with Crippen molar-refractivity contribution in [3.8, 4) is 0 Å². The standard InChI is InChI=1S/C14H17F2NO4/c1-19-13(18)9-3-4-10(12(16)11(9)15)17-7-14(20-2)5-6-21-8-14/h3-4,17H,5-8H2,1-2H3. The second-order valence-electron chi connectivity index (χ2n) is 4.82. The molecule has 1 aromatic carbocycles. The van der Waals surface area contributed by atoms with E-state index in [4.69, 9.17) is 9.47 Å². The lowest BCUT2D eigenvalue weighted by Gasteiger charge is -2.26. The molecule has 5 nitrogen and oxygen atoms in total. The number of halogens is 2. The predicted molar refractivity (Wildman–Crippen MR) is 71.4 cm³/mol. The van der Waals surface area contributed by atoms with Crippen LogP contribution in [0.2, 0.25) is 0 Å². The number of benzene rings is 1. The topological polar surface area (TPSA) is 56.8 Å². The van der Waals surface area contributed by atoms with E-state index < -0.39 is 28.8 Å². The van der Waals surface area contributed by atoms with E-state index in [9.17, 15) is 13.6 Å². The highest BCUT2D eigenvalue weighted by Gasteiger charge is 2.35. The SMILES string of the molecule is COC(=O)c1ccc(NCC2(OC)CCOC2)c(F)c1F. The van der Waals surface area contributed by atoms with Gasteiger partial charge in [0.1, 0.15) is 5.60 Å². The Morgan fingerprint density at radius 2 is 2.14 bits per heavy atom. The van der Waals surface area contributed by atoms with Gasteiger partial charge in [0.2, 0.25) is 0 Å². The lowest BCUT2D eigenvalue weighted by molar-refractivity contribution is -0.00624. The highest BCUT2D eigenvalue weighted by molar-refractivity contribution is 5.90. The zero-order valence-corrected chi connectivity index (χ0v) is 11.9. The summed E-state index contributed by atoms with van der Waals surface area (Å²) in [7, 11) is 2.65. The van der Waals surface area contributed by atoms with Gasteiger partial charge in [-0.05, 0) is 12.1 Å². The van der Waals surface area contributed by atoms with Crippen molar-refractivity contribution < 1.29 is 27.8 Å². The fourth-order valence-corrected chi connectivity index (χ4v) is 2.17. The Morgan fingerprint density at radius 3 is 2.71 bits per heavy atom. The summed E-state index contributed by atoms with van der Waals surface area (Å²) in [6.45, 7) is 1.23. The van der Waals surface area contributed by atoms with Crippen molar-refractivity contribution in [1.82, 2.24) is 0 Å². The number of rotatable bonds is 5. The van der Waals surface area contributed by atoms with Crippen molar-refractivity contribution in [1.29, 1.82) is 0 Å². The molecule has 21 heavy (non-hydrogen) atoms. The van der Waals surface area contributed by atoms with Gasteiger partial charge in [0.15, 0.2) is 11.6 Å². The molecule has 1 aliphatic heterocycles. The van der Waals surface area contributed by atoms with Gasteiger partial charge in [-0.2, -0.15) is 0 Å². The molecule has 0 radical (unpaired) electrons. The van der Waals surface area contributed by atoms with Gasteiger partial charge in [-0.15, -0.1) is 0 Å². The molecule has 1 atom stereocenters. The summed E-state index contributed by atoms with van der Waals surface area (Å²) in [4.78, 5) is 11.3. The molecule has 0 saturated carbocycles. The third-order valence-corrected chi connectivity index (χ3v) is 3.59. The summed E-state index contributed by atoms with van der Waals surface area (Å²) >= 11 is 0. The largest absolute Gasteiger partial charge is 0.465 e. The molecular weight excluding hydrogens is 284 g/mol. The van der Waals surface area contributed by atoms with Crippen LogP contribution in [0.5, 0.6) is 0 Å². The van der Waals surface area contributed by atoms with Crippen LogP contribution in [0.4, 0.5) is 14.5 Å². The highest BCUT2D eigenvalue weighted by Crippen LogP contribution is 2.26. The minimum atomic E-state index is -1.24. The van der Waals surface area contributed by atoms with Gasteiger partial charge in [-0.25, -0.2) is 13.6 Å². The molecule has 0 aliphatic carbocycles. The number of anilines is 1. The molecule has 7 heteroatoms. The highest BCUT2D eigenvalue weighted by atomic mass is 19.2. The number of methoxy groups -OCH3 is 2. The number of ether oxygens (including phenoxy) is 3. The van der Waals surface area contributed by atoms with E-state index in [1.807, 2.05) is 0 Å².